The number of carbonyl (C=O) groups is 2. The van der Waals surface area contributed by atoms with Gasteiger partial charge in [0.15, 0.2) is 0 Å². The Bertz CT molecular complexity index is 461. The van der Waals surface area contributed by atoms with Crippen LogP contribution in [0.15, 0.2) is 24.3 Å². The van der Waals surface area contributed by atoms with Crippen molar-refractivity contribution < 1.29 is 14.7 Å². The number of benzene rings is 1. The van der Waals surface area contributed by atoms with Crippen LogP contribution < -0.4 is 10.6 Å². The first kappa shape index (κ1) is 12.9. The van der Waals surface area contributed by atoms with Gasteiger partial charge in [-0.05, 0) is 17.7 Å². The van der Waals surface area contributed by atoms with E-state index in [0.717, 1.165) is 11.3 Å². The molecule has 0 aromatic heterocycles. The minimum absolute atomic E-state index is 0.00234. The van der Waals surface area contributed by atoms with Crippen molar-refractivity contribution in [2.75, 3.05) is 11.1 Å². The van der Waals surface area contributed by atoms with Crippen molar-refractivity contribution in [1.82, 2.24) is 5.32 Å². The van der Waals surface area contributed by atoms with Gasteiger partial charge in [-0.15, -0.1) is 11.8 Å². The Morgan fingerprint density at radius 1 is 1.39 bits per heavy atom. The number of amides is 1. The van der Waals surface area contributed by atoms with E-state index in [1.165, 1.54) is 6.92 Å². The summed E-state index contributed by atoms with van der Waals surface area (Å²) >= 11 is 1.57. The zero-order chi connectivity index (χ0) is 13.1. The molecule has 0 bridgehead atoms. The van der Waals surface area contributed by atoms with E-state index in [2.05, 4.69) is 10.6 Å². The average Bonchev–Trinajstić information content (AvgIpc) is 2.78. The molecule has 1 aromatic carbocycles. The topological polar surface area (TPSA) is 78.4 Å². The average molecular weight is 266 g/mol. The van der Waals surface area contributed by atoms with Gasteiger partial charge in [0.1, 0.15) is 6.04 Å². The van der Waals surface area contributed by atoms with Gasteiger partial charge in [-0.25, -0.2) is 0 Å². The molecule has 1 amide bonds. The molecule has 5 nitrogen and oxygen atoms in total. The largest absolute Gasteiger partial charge is 0.480 e. The molecule has 1 heterocycles. The number of carboxylic acids is 1. The summed E-state index contributed by atoms with van der Waals surface area (Å²) in [6, 6.07) is 6.91. The third-order valence-electron chi connectivity index (χ3n) is 2.61. The van der Waals surface area contributed by atoms with Crippen molar-refractivity contribution >= 4 is 29.3 Å². The quantitative estimate of drug-likeness (QED) is 0.771. The smallest absolute Gasteiger partial charge is 0.321 e. The van der Waals surface area contributed by atoms with Crippen LogP contribution in [0.5, 0.6) is 0 Å². The second-order valence-electron chi connectivity index (χ2n) is 4.07. The van der Waals surface area contributed by atoms with Crippen LogP contribution in [0.25, 0.3) is 0 Å². The monoisotopic (exact) mass is 266 g/mol. The molecule has 96 valence electrons. The van der Waals surface area contributed by atoms with Crippen molar-refractivity contribution in [1.29, 1.82) is 0 Å². The highest BCUT2D eigenvalue weighted by molar-refractivity contribution is 7.99. The van der Waals surface area contributed by atoms with Crippen molar-refractivity contribution in [3.05, 3.63) is 29.8 Å². The van der Waals surface area contributed by atoms with Crippen LogP contribution in [0, 0.1) is 0 Å². The highest BCUT2D eigenvalue weighted by atomic mass is 32.2. The molecule has 0 radical (unpaired) electrons. The van der Waals surface area contributed by atoms with Gasteiger partial charge in [0.05, 0.1) is 5.37 Å². The number of hydrogen-bond donors (Lipinski definition) is 3. The summed E-state index contributed by atoms with van der Waals surface area (Å²) in [5.41, 5.74) is 1.75. The van der Waals surface area contributed by atoms with Gasteiger partial charge in [-0.2, -0.15) is 0 Å². The highest BCUT2D eigenvalue weighted by Gasteiger charge is 2.30. The van der Waals surface area contributed by atoms with Crippen LogP contribution in [0.4, 0.5) is 5.69 Å². The van der Waals surface area contributed by atoms with Gasteiger partial charge >= 0.3 is 5.97 Å². The predicted octanol–water partition coefficient (Wildman–Crippen LogP) is 1.43. The lowest BCUT2D eigenvalue weighted by molar-refractivity contribution is -0.138. The van der Waals surface area contributed by atoms with Gasteiger partial charge in [0.25, 0.3) is 0 Å². The second-order valence-corrected chi connectivity index (χ2v) is 5.21. The molecule has 18 heavy (non-hydrogen) atoms. The van der Waals surface area contributed by atoms with Crippen LogP contribution in [0.3, 0.4) is 0 Å². The summed E-state index contributed by atoms with van der Waals surface area (Å²) < 4.78 is 0. The molecule has 1 fully saturated rings. The van der Waals surface area contributed by atoms with E-state index in [1.807, 2.05) is 24.3 Å². The summed E-state index contributed by atoms with van der Waals surface area (Å²) in [5.74, 6) is -0.366. The van der Waals surface area contributed by atoms with Crippen LogP contribution in [0.1, 0.15) is 17.9 Å². The van der Waals surface area contributed by atoms with Crippen LogP contribution in [-0.2, 0) is 9.59 Å². The Labute approximate surface area is 109 Å². The molecule has 1 saturated heterocycles. The minimum Gasteiger partial charge on any atom is -0.480 e. The highest BCUT2D eigenvalue weighted by Crippen LogP contribution is 2.33. The van der Waals surface area contributed by atoms with Gasteiger partial charge in [-0.3, -0.25) is 14.9 Å². The lowest BCUT2D eigenvalue weighted by Gasteiger charge is -2.12. The van der Waals surface area contributed by atoms with Gasteiger partial charge in [0, 0.05) is 18.4 Å². The first-order chi connectivity index (χ1) is 8.56. The number of anilines is 1. The van der Waals surface area contributed by atoms with E-state index < -0.39 is 12.0 Å². The number of carbonyl (C=O) groups excluding carboxylic acids is 1. The Kier molecular flexibility index (Phi) is 3.88. The number of nitrogens with one attached hydrogen (secondary N) is 2. The molecule has 6 heteroatoms. The van der Waals surface area contributed by atoms with Gasteiger partial charge in [-0.1, -0.05) is 12.1 Å². The molecular formula is C12H14N2O3S. The van der Waals surface area contributed by atoms with E-state index in [-0.39, 0.29) is 11.3 Å². The van der Waals surface area contributed by atoms with E-state index in [0.29, 0.717) is 5.75 Å². The molecule has 2 rings (SSSR count). The van der Waals surface area contributed by atoms with E-state index in [4.69, 9.17) is 5.11 Å². The molecule has 1 aliphatic rings. The number of thioether (sulfide) groups is 1. The Morgan fingerprint density at radius 3 is 2.56 bits per heavy atom. The number of carboxylic acid groups (broad SMARTS) is 1. The van der Waals surface area contributed by atoms with E-state index in [9.17, 15) is 9.59 Å². The fourth-order valence-electron chi connectivity index (χ4n) is 1.75. The molecule has 1 unspecified atom stereocenters. The Balaban J connectivity index is 2.02. The van der Waals surface area contributed by atoms with E-state index >= 15 is 0 Å². The zero-order valence-corrected chi connectivity index (χ0v) is 10.7. The van der Waals surface area contributed by atoms with Crippen molar-refractivity contribution in [3.8, 4) is 0 Å². The summed E-state index contributed by atoms with van der Waals surface area (Å²) in [6.45, 7) is 1.46. The van der Waals surface area contributed by atoms with E-state index in [1.54, 1.807) is 11.8 Å². The maximum absolute atomic E-state index is 10.9. The molecule has 0 aliphatic carbocycles. The number of hydrogen-bond acceptors (Lipinski definition) is 4. The van der Waals surface area contributed by atoms with Crippen molar-refractivity contribution in [2.45, 2.75) is 18.3 Å². The molecule has 1 aliphatic heterocycles. The summed E-state index contributed by atoms with van der Waals surface area (Å²) in [6.07, 6.45) is 0. The first-order valence-corrected chi connectivity index (χ1v) is 6.59. The van der Waals surface area contributed by atoms with Crippen LogP contribution >= 0.6 is 11.8 Å². The maximum Gasteiger partial charge on any atom is 0.321 e. The number of rotatable bonds is 3. The standard InChI is InChI=1S/C12H14N2O3S/c1-7(15)13-9-4-2-8(3-5-9)11-14-10(6-18-11)12(16)17/h2-5,10-11,14H,6H2,1H3,(H,13,15)(H,16,17)/t10-,11?/m0/s1. The zero-order valence-electron chi connectivity index (χ0n) is 9.84. The molecule has 0 saturated carbocycles. The van der Waals surface area contributed by atoms with Gasteiger partial charge in [0.2, 0.25) is 5.91 Å². The fraction of sp³-hybridized carbons (Fsp3) is 0.333. The third kappa shape index (κ3) is 3.02. The molecular weight excluding hydrogens is 252 g/mol. The predicted molar refractivity (Wildman–Crippen MR) is 70.5 cm³/mol. The molecule has 2 atom stereocenters. The maximum atomic E-state index is 10.9. The van der Waals surface area contributed by atoms with Crippen molar-refractivity contribution in [3.63, 3.8) is 0 Å². The number of aliphatic carboxylic acids is 1. The van der Waals surface area contributed by atoms with Crippen molar-refractivity contribution in [2.24, 2.45) is 0 Å². The Hall–Kier alpha value is -1.53. The molecule has 1 aromatic rings. The van der Waals surface area contributed by atoms with Gasteiger partial charge < -0.3 is 10.4 Å². The van der Waals surface area contributed by atoms with Crippen LogP contribution in [0.2, 0.25) is 0 Å². The SMILES string of the molecule is CC(=O)Nc1ccc(C2N[C@H](C(=O)O)CS2)cc1. The molecule has 3 N–H and O–H groups in total. The third-order valence-corrected chi connectivity index (χ3v) is 3.88. The van der Waals surface area contributed by atoms with Crippen LogP contribution in [-0.4, -0.2) is 28.8 Å². The lowest BCUT2D eigenvalue weighted by Crippen LogP contribution is -2.33. The minimum atomic E-state index is -0.820. The lowest BCUT2D eigenvalue weighted by atomic mass is 10.2. The second kappa shape index (κ2) is 5.41. The molecule has 0 spiro atoms. The summed E-state index contributed by atoms with van der Waals surface area (Å²) in [7, 11) is 0. The summed E-state index contributed by atoms with van der Waals surface area (Å²) in [5, 5.41) is 14.6. The first-order valence-electron chi connectivity index (χ1n) is 5.54. The normalized spacial score (nSPS) is 22.7. The summed E-state index contributed by atoms with van der Waals surface area (Å²) in [4.78, 5) is 21.7. The Morgan fingerprint density at radius 2 is 2.06 bits per heavy atom. The fourth-order valence-corrected chi connectivity index (χ4v) is 2.98.